The molecular formula is C11H18N4O2. The maximum Gasteiger partial charge on any atom is 0.342 e. The zero-order chi connectivity index (χ0) is 12.3. The second-order valence-corrected chi connectivity index (χ2v) is 4.47. The van der Waals surface area contributed by atoms with Crippen LogP contribution >= 0.6 is 0 Å². The zero-order valence-corrected chi connectivity index (χ0v) is 10.1. The summed E-state index contributed by atoms with van der Waals surface area (Å²) in [6.45, 7) is 5.85. The van der Waals surface area contributed by atoms with Crippen molar-refractivity contribution in [3.05, 3.63) is 22.1 Å². The van der Waals surface area contributed by atoms with Crippen LogP contribution in [-0.4, -0.2) is 39.0 Å². The summed E-state index contributed by atoms with van der Waals surface area (Å²) in [4.78, 5) is 16.8. The molecule has 0 unspecified atom stereocenters. The van der Waals surface area contributed by atoms with Gasteiger partial charge < -0.3 is 15.0 Å². The van der Waals surface area contributed by atoms with Crippen molar-refractivity contribution in [2.75, 3.05) is 19.6 Å². The maximum atomic E-state index is 10.8. The third-order valence-electron chi connectivity index (χ3n) is 3.28. The molecule has 6 nitrogen and oxygen atoms in total. The fourth-order valence-electron chi connectivity index (χ4n) is 2.34. The molecule has 1 aromatic rings. The Morgan fingerprint density at radius 3 is 2.76 bits per heavy atom. The standard InChI is InChI=1S/C11H18N4O2/c1-10-12-9-11(15(16)17)14(10)8-4-7-13-5-2-3-6-13/h9H,2-8H2,1H3. The van der Waals surface area contributed by atoms with E-state index in [1.165, 1.54) is 32.1 Å². The lowest BCUT2D eigenvalue weighted by molar-refractivity contribution is -0.392. The minimum Gasteiger partial charge on any atom is -0.358 e. The van der Waals surface area contributed by atoms with Gasteiger partial charge in [-0.3, -0.25) is 0 Å². The first-order valence-electron chi connectivity index (χ1n) is 6.07. The maximum absolute atomic E-state index is 10.8. The van der Waals surface area contributed by atoms with E-state index < -0.39 is 0 Å². The number of nitro groups is 1. The zero-order valence-electron chi connectivity index (χ0n) is 10.1. The van der Waals surface area contributed by atoms with Crippen molar-refractivity contribution in [1.29, 1.82) is 0 Å². The van der Waals surface area contributed by atoms with Crippen LogP contribution in [0.1, 0.15) is 25.1 Å². The van der Waals surface area contributed by atoms with Gasteiger partial charge in [-0.15, -0.1) is 0 Å². The molecule has 17 heavy (non-hydrogen) atoms. The van der Waals surface area contributed by atoms with E-state index in [0.717, 1.165) is 18.8 Å². The van der Waals surface area contributed by atoms with Gasteiger partial charge in [-0.2, -0.15) is 0 Å². The summed E-state index contributed by atoms with van der Waals surface area (Å²) in [6, 6.07) is 0. The number of aromatic nitrogens is 2. The molecule has 2 rings (SSSR count). The first-order valence-corrected chi connectivity index (χ1v) is 6.07. The molecule has 0 saturated carbocycles. The largest absolute Gasteiger partial charge is 0.358 e. The minimum atomic E-state index is -0.365. The summed E-state index contributed by atoms with van der Waals surface area (Å²) in [5.41, 5.74) is 0. The molecule has 0 aliphatic carbocycles. The predicted molar refractivity (Wildman–Crippen MR) is 63.9 cm³/mol. The van der Waals surface area contributed by atoms with Crippen molar-refractivity contribution in [1.82, 2.24) is 14.5 Å². The second-order valence-electron chi connectivity index (χ2n) is 4.47. The Hall–Kier alpha value is -1.43. The molecule has 0 aromatic carbocycles. The smallest absolute Gasteiger partial charge is 0.342 e. The van der Waals surface area contributed by atoms with Crippen molar-refractivity contribution in [2.24, 2.45) is 0 Å². The molecule has 0 radical (unpaired) electrons. The molecule has 94 valence electrons. The lowest BCUT2D eigenvalue weighted by Gasteiger charge is -2.13. The van der Waals surface area contributed by atoms with Crippen LogP contribution in [0.25, 0.3) is 0 Å². The van der Waals surface area contributed by atoms with Gasteiger partial charge in [0, 0.05) is 13.5 Å². The van der Waals surface area contributed by atoms with Crippen LogP contribution in [0.15, 0.2) is 6.20 Å². The lowest BCUT2D eigenvalue weighted by atomic mass is 10.4. The van der Waals surface area contributed by atoms with Crippen LogP contribution in [0.3, 0.4) is 0 Å². The van der Waals surface area contributed by atoms with Gasteiger partial charge in [-0.1, -0.05) is 0 Å². The van der Waals surface area contributed by atoms with Crippen molar-refractivity contribution < 1.29 is 4.92 Å². The first-order chi connectivity index (χ1) is 8.18. The molecule has 0 amide bonds. The van der Waals surface area contributed by atoms with Crippen molar-refractivity contribution in [3.8, 4) is 0 Å². The fraction of sp³-hybridized carbons (Fsp3) is 0.727. The minimum absolute atomic E-state index is 0.101. The van der Waals surface area contributed by atoms with Crippen molar-refractivity contribution >= 4 is 5.82 Å². The summed E-state index contributed by atoms with van der Waals surface area (Å²) in [5, 5.41) is 10.8. The van der Waals surface area contributed by atoms with Gasteiger partial charge in [0.15, 0.2) is 5.82 Å². The highest BCUT2D eigenvalue weighted by molar-refractivity contribution is 5.18. The van der Waals surface area contributed by atoms with Crippen LogP contribution in [0.4, 0.5) is 5.82 Å². The summed E-state index contributed by atoms with van der Waals surface area (Å²) in [6.07, 6.45) is 4.84. The van der Waals surface area contributed by atoms with Crippen LogP contribution < -0.4 is 0 Å². The second kappa shape index (κ2) is 5.27. The van der Waals surface area contributed by atoms with Crippen LogP contribution in [0.2, 0.25) is 0 Å². The van der Waals surface area contributed by atoms with E-state index in [2.05, 4.69) is 9.88 Å². The monoisotopic (exact) mass is 238 g/mol. The van der Waals surface area contributed by atoms with E-state index in [1.807, 2.05) is 6.92 Å². The van der Waals surface area contributed by atoms with Gasteiger partial charge in [0.2, 0.25) is 0 Å². The number of imidazole rings is 1. The number of aryl methyl sites for hydroxylation is 1. The number of likely N-dealkylation sites (tertiary alicyclic amines) is 1. The SMILES string of the molecule is Cc1ncc([N+](=O)[O-])n1CCCN1CCCC1. The highest BCUT2D eigenvalue weighted by Crippen LogP contribution is 2.15. The molecule has 1 aliphatic rings. The van der Waals surface area contributed by atoms with Gasteiger partial charge in [0.1, 0.15) is 6.20 Å². The van der Waals surface area contributed by atoms with E-state index in [1.54, 1.807) is 4.57 Å². The Labute approximate surface area is 100 Å². The number of nitrogens with zero attached hydrogens (tertiary/aromatic N) is 4. The van der Waals surface area contributed by atoms with E-state index >= 15 is 0 Å². The average molecular weight is 238 g/mol. The molecule has 0 bridgehead atoms. The van der Waals surface area contributed by atoms with Crippen molar-refractivity contribution in [3.63, 3.8) is 0 Å². The van der Waals surface area contributed by atoms with Crippen LogP contribution in [0.5, 0.6) is 0 Å². The molecular weight excluding hydrogens is 220 g/mol. The van der Waals surface area contributed by atoms with Gasteiger partial charge >= 0.3 is 5.82 Å². The van der Waals surface area contributed by atoms with Crippen LogP contribution in [0, 0.1) is 17.0 Å². The third kappa shape index (κ3) is 2.82. The third-order valence-corrected chi connectivity index (χ3v) is 3.28. The van der Waals surface area contributed by atoms with Gasteiger partial charge in [-0.05, 0) is 37.3 Å². The Bertz CT molecular complexity index is 396. The van der Waals surface area contributed by atoms with Gasteiger partial charge in [-0.25, -0.2) is 9.55 Å². The van der Waals surface area contributed by atoms with E-state index in [4.69, 9.17) is 0 Å². The summed E-state index contributed by atoms with van der Waals surface area (Å²) in [7, 11) is 0. The summed E-state index contributed by atoms with van der Waals surface area (Å²) in [5.74, 6) is 0.821. The fourth-order valence-corrected chi connectivity index (χ4v) is 2.34. The first kappa shape index (κ1) is 12.0. The Kier molecular flexibility index (Phi) is 3.73. The molecule has 1 aromatic heterocycles. The highest BCUT2D eigenvalue weighted by atomic mass is 16.6. The number of rotatable bonds is 5. The lowest BCUT2D eigenvalue weighted by Crippen LogP contribution is -2.21. The van der Waals surface area contributed by atoms with Gasteiger partial charge in [0.05, 0.1) is 6.54 Å². The number of hydrogen-bond donors (Lipinski definition) is 0. The topological polar surface area (TPSA) is 64.2 Å². The quantitative estimate of drug-likeness (QED) is 0.577. The van der Waals surface area contributed by atoms with Gasteiger partial charge in [0.25, 0.3) is 0 Å². The Morgan fingerprint density at radius 1 is 1.41 bits per heavy atom. The molecule has 1 fully saturated rings. The van der Waals surface area contributed by atoms with Crippen molar-refractivity contribution in [2.45, 2.75) is 32.7 Å². The predicted octanol–water partition coefficient (Wildman–Crippen LogP) is 1.59. The Balaban J connectivity index is 1.89. The molecule has 0 spiro atoms. The highest BCUT2D eigenvalue weighted by Gasteiger charge is 2.17. The molecule has 6 heteroatoms. The molecule has 1 aliphatic heterocycles. The Morgan fingerprint density at radius 2 is 2.12 bits per heavy atom. The molecule has 0 N–H and O–H groups in total. The molecule has 1 saturated heterocycles. The van der Waals surface area contributed by atoms with E-state index in [-0.39, 0.29) is 10.7 Å². The normalized spacial score (nSPS) is 16.5. The number of hydrogen-bond acceptors (Lipinski definition) is 4. The molecule has 0 atom stereocenters. The van der Waals surface area contributed by atoms with Crippen LogP contribution in [-0.2, 0) is 6.54 Å². The summed E-state index contributed by atoms with van der Waals surface area (Å²) < 4.78 is 1.69. The average Bonchev–Trinajstić information content (AvgIpc) is 2.89. The molecule has 2 heterocycles. The summed E-state index contributed by atoms with van der Waals surface area (Å²) >= 11 is 0. The van der Waals surface area contributed by atoms with E-state index in [9.17, 15) is 10.1 Å². The van der Waals surface area contributed by atoms with E-state index in [0.29, 0.717) is 6.54 Å².